The van der Waals surface area contributed by atoms with Crippen LogP contribution in [0.25, 0.3) is 0 Å². The molecule has 1 fully saturated rings. The summed E-state index contributed by atoms with van der Waals surface area (Å²) in [7, 11) is 0. The molecule has 1 atom stereocenters. The van der Waals surface area contributed by atoms with Crippen molar-refractivity contribution in [1.82, 2.24) is 4.90 Å². The Morgan fingerprint density at radius 3 is 2.58 bits per heavy atom. The first kappa shape index (κ1) is 15.1. The molecule has 1 unspecified atom stereocenters. The van der Waals surface area contributed by atoms with E-state index in [2.05, 4.69) is 11.8 Å². The van der Waals surface area contributed by atoms with Crippen LogP contribution in [0.2, 0.25) is 10.0 Å². The van der Waals surface area contributed by atoms with Crippen LogP contribution in [0.1, 0.15) is 37.8 Å². The van der Waals surface area contributed by atoms with E-state index in [-0.39, 0.29) is 6.04 Å². The van der Waals surface area contributed by atoms with E-state index in [4.69, 9.17) is 28.9 Å². The maximum Gasteiger partial charge on any atom is 0.0485 e. The molecular weight excluding hydrogens is 279 g/mol. The lowest BCUT2D eigenvalue weighted by Gasteiger charge is -2.37. The fourth-order valence-electron chi connectivity index (χ4n) is 2.92. The van der Waals surface area contributed by atoms with Gasteiger partial charge in [0.2, 0.25) is 0 Å². The van der Waals surface area contributed by atoms with Gasteiger partial charge in [-0.25, -0.2) is 0 Å². The van der Waals surface area contributed by atoms with Crippen LogP contribution in [0.3, 0.4) is 0 Å². The van der Waals surface area contributed by atoms with Gasteiger partial charge in [-0.3, -0.25) is 4.90 Å². The minimum Gasteiger partial charge on any atom is -0.329 e. The van der Waals surface area contributed by atoms with Gasteiger partial charge in [0.15, 0.2) is 0 Å². The Hall–Kier alpha value is -0.280. The van der Waals surface area contributed by atoms with Gasteiger partial charge in [-0.1, -0.05) is 36.5 Å². The third-order valence-electron chi connectivity index (χ3n) is 4.21. The first-order chi connectivity index (χ1) is 9.15. The van der Waals surface area contributed by atoms with Crippen LogP contribution in [0.4, 0.5) is 0 Å². The lowest BCUT2D eigenvalue weighted by Crippen LogP contribution is -2.39. The SMILES string of the molecule is CCC1CCN(C(CN)c2cc(Cl)ccc2Cl)CC1. The number of piperidine rings is 1. The van der Waals surface area contributed by atoms with Crippen molar-refractivity contribution in [3.63, 3.8) is 0 Å². The maximum atomic E-state index is 6.30. The molecular formula is C15H22Cl2N2. The van der Waals surface area contributed by atoms with E-state index >= 15 is 0 Å². The van der Waals surface area contributed by atoms with E-state index in [9.17, 15) is 0 Å². The topological polar surface area (TPSA) is 29.3 Å². The minimum absolute atomic E-state index is 0.184. The van der Waals surface area contributed by atoms with Crippen molar-refractivity contribution in [2.75, 3.05) is 19.6 Å². The third-order valence-corrected chi connectivity index (χ3v) is 4.79. The van der Waals surface area contributed by atoms with Crippen LogP contribution in [-0.4, -0.2) is 24.5 Å². The van der Waals surface area contributed by atoms with Crippen molar-refractivity contribution < 1.29 is 0 Å². The zero-order chi connectivity index (χ0) is 13.8. The maximum absolute atomic E-state index is 6.30. The third kappa shape index (κ3) is 3.63. The van der Waals surface area contributed by atoms with E-state index in [1.165, 1.54) is 19.3 Å². The van der Waals surface area contributed by atoms with Crippen molar-refractivity contribution in [3.05, 3.63) is 33.8 Å². The molecule has 0 amide bonds. The van der Waals surface area contributed by atoms with Gasteiger partial charge >= 0.3 is 0 Å². The normalized spacial score (nSPS) is 19.6. The fraction of sp³-hybridized carbons (Fsp3) is 0.600. The zero-order valence-electron chi connectivity index (χ0n) is 11.4. The average Bonchev–Trinajstić information content (AvgIpc) is 2.44. The van der Waals surface area contributed by atoms with Crippen LogP contribution in [-0.2, 0) is 0 Å². The molecule has 0 radical (unpaired) electrons. The first-order valence-corrected chi connectivity index (χ1v) is 7.80. The monoisotopic (exact) mass is 300 g/mol. The van der Waals surface area contributed by atoms with Crippen molar-refractivity contribution in [1.29, 1.82) is 0 Å². The van der Waals surface area contributed by atoms with Gasteiger partial charge in [0.1, 0.15) is 0 Å². The molecule has 4 heteroatoms. The summed E-state index contributed by atoms with van der Waals surface area (Å²) in [5.41, 5.74) is 7.04. The molecule has 0 aliphatic carbocycles. The smallest absolute Gasteiger partial charge is 0.0485 e. The Bertz CT molecular complexity index is 415. The summed E-state index contributed by atoms with van der Waals surface area (Å²) in [6.07, 6.45) is 3.79. The summed E-state index contributed by atoms with van der Waals surface area (Å²) in [6, 6.07) is 5.82. The molecule has 0 spiro atoms. The second-order valence-electron chi connectivity index (χ2n) is 5.30. The number of nitrogens with two attached hydrogens (primary N) is 1. The van der Waals surface area contributed by atoms with Crippen LogP contribution in [0.5, 0.6) is 0 Å². The predicted octanol–water partition coefficient (Wildman–Crippen LogP) is 4.12. The molecule has 1 aromatic rings. The molecule has 0 bridgehead atoms. The summed E-state index contributed by atoms with van der Waals surface area (Å²) in [5.74, 6) is 0.865. The van der Waals surface area contributed by atoms with Gasteiger partial charge < -0.3 is 5.73 Å². The number of hydrogen-bond acceptors (Lipinski definition) is 2. The molecule has 2 nitrogen and oxygen atoms in total. The molecule has 0 saturated carbocycles. The molecule has 1 saturated heterocycles. The van der Waals surface area contributed by atoms with Crippen LogP contribution < -0.4 is 5.73 Å². The van der Waals surface area contributed by atoms with E-state index in [0.717, 1.165) is 34.6 Å². The zero-order valence-corrected chi connectivity index (χ0v) is 12.9. The van der Waals surface area contributed by atoms with Gasteiger partial charge in [-0.05, 0) is 55.6 Å². The highest BCUT2D eigenvalue weighted by Crippen LogP contribution is 2.32. The molecule has 1 aliphatic heterocycles. The summed E-state index contributed by atoms with van der Waals surface area (Å²) in [5, 5.41) is 1.48. The summed E-state index contributed by atoms with van der Waals surface area (Å²) < 4.78 is 0. The van der Waals surface area contributed by atoms with Crippen molar-refractivity contribution in [2.24, 2.45) is 11.7 Å². The van der Waals surface area contributed by atoms with Crippen molar-refractivity contribution in [3.8, 4) is 0 Å². The van der Waals surface area contributed by atoms with Crippen LogP contribution in [0.15, 0.2) is 18.2 Å². The van der Waals surface area contributed by atoms with Gasteiger partial charge in [-0.15, -0.1) is 0 Å². The molecule has 2 N–H and O–H groups in total. The molecule has 2 rings (SSSR count). The standard InChI is InChI=1S/C15H22Cl2N2/c1-2-11-5-7-19(8-6-11)15(10-18)13-9-12(16)3-4-14(13)17/h3-4,9,11,15H,2,5-8,10,18H2,1H3. The molecule has 106 valence electrons. The number of halogens is 2. The Morgan fingerprint density at radius 2 is 2.00 bits per heavy atom. The number of likely N-dealkylation sites (tertiary alicyclic amines) is 1. The van der Waals surface area contributed by atoms with E-state index in [1.54, 1.807) is 0 Å². The van der Waals surface area contributed by atoms with Crippen molar-refractivity contribution in [2.45, 2.75) is 32.2 Å². The van der Waals surface area contributed by atoms with Crippen LogP contribution in [0, 0.1) is 5.92 Å². The first-order valence-electron chi connectivity index (χ1n) is 7.04. The number of hydrogen-bond donors (Lipinski definition) is 1. The second kappa shape index (κ2) is 6.94. The highest BCUT2D eigenvalue weighted by molar-refractivity contribution is 6.33. The van der Waals surface area contributed by atoms with Gasteiger partial charge in [-0.2, -0.15) is 0 Å². The Morgan fingerprint density at radius 1 is 1.32 bits per heavy atom. The van der Waals surface area contributed by atoms with E-state index < -0.39 is 0 Å². The molecule has 0 aromatic heterocycles. The number of rotatable bonds is 4. The largest absolute Gasteiger partial charge is 0.329 e. The highest BCUT2D eigenvalue weighted by Gasteiger charge is 2.26. The molecule has 1 aromatic carbocycles. The Kier molecular flexibility index (Phi) is 5.52. The van der Waals surface area contributed by atoms with E-state index in [0.29, 0.717) is 6.54 Å². The second-order valence-corrected chi connectivity index (χ2v) is 6.15. The lowest BCUT2D eigenvalue weighted by molar-refractivity contribution is 0.134. The Balaban J connectivity index is 2.14. The average molecular weight is 301 g/mol. The quantitative estimate of drug-likeness (QED) is 0.906. The summed E-state index contributed by atoms with van der Waals surface area (Å²) in [4.78, 5) is 2.45. The van der Waals surface area contributed by atoms with Crippen molar-refractivity contribution >= 4 is 23.2 Å². The Labute approximate surface area is 125 Å². The number of nitrogens with zero attached hydrogens (tertiary/aromatic N) is 1. The van der Waals surface area contributed by atoms with Gasteiger partial charge in [0.05, 0.1) is 0 Å². The summed E-state index contributed by atoms with van der Waals surface area (Å²) >= 11 is 12.4. The fourth-order valence-corrected chi connectivity index (χ4v) is 3.34. The molecule has 1 aliphatic rings. The molecule has 1 heterocycles. The van der Waals surface area contributed by atoms with E-state index in [1.807, 2.05) is 18.2 Å². The minimum atomic E-state index is 0.184. The predicted molar refractivity (Wildman–Crippen MR) is 82.8 cm³/mol. The number of benzene rings is 1. The molecule has 19 heavy (non-hydrogen) atoms. The lowest BCUT2D eigenvalue weighted by atomic mass is 9.92. The highest BCUT2D eigenvalue weighted by atomic mass is 35.5. The van der Waals surface area contributed by atoms with Gasteiger partial charge in [0.25, 0.3) is 0 Å². The van der Waals surface area contributed by atoms with Gasteiger partial charge in [0, 0.05) is 22.6 Å². The summed E-state index contributed by atoms with van der Waals surface area (Å²) in [6.45, 7) is 5.05. The van der Waals surface area contributed by atoms with Crippen LogP contribution >= 0.6 is 23.2 Å².